The Morgan fingerprint density at radius 1 is 1.07 bits per heavy atom. The Balaban J connectivity index is 1.64. The van der Waals surface area contributed by atoms with Crippen molar-refractivity contribution in [2.24, 2.45) is 5.41 Å². The molecule has 0 bridgehead atoms. The molecule has 0 saturated heterocycles. The van der Waals surface area contributed by atoms with Crippen molar-refractivity contribution < 1.29 is 4.74 Å². The van der Waals surface area contributed by atoms with Crippen LogP contribution in [0.3, 0.4) is 0 Å². The molecule has 0 atom stereocenters. The first-order valence-electron chi connectivity index (χ1n) is 10.4. The molecule has 0 fully saturated rings. The van der Waals surface area contributed by atoms with Crippen molar-refractivity contribution in [3.05, 3.63) is 43.0 Å². The van der Waals surface area contributed by atoms with Crippen LogP contribution in [0.1, 0.15) is 59.3 Å². The van der Waals surface area contributed by atoms with Crippen molar-refractivity contribution in [1.29, 1.82) is 0 Å². The first-order chi connectivity index (χ1) is 13.0. The molecule has 27 heavy (non-hydrogen) atoms. The van der Waals surface area contributed by atoms with E-state index in [2.05, 4.69) is 66.5 Å². The van der Waals surface area contributed by atoms with E-state index < -0.39 is 0 Å². The highest BCUT2D eigenvalue weighted by atomic mass is 16.5. The van der Waals surface area contributed by atoms with Crippen molar-refractivity contribution in [2.45, 2.75) is 65.8 Å². The second-order valence-corrected chi connectivity index (χ2v) is 8.29. The SMILES string of the molecule is CCCC(C)(C)CCCOc1ccc(N(C)CCCCn2ccnc2)cc1. The molecule has 2 rings (SSSR count). The van der Waals surface area contributed by atoms with Gasteiger partial charge in [0.2, 0.25) is 0 Å². The van der Waals surface area contributed by atoms with Crippen molar-refractivity contribution in [2.75, 3.05) is 25.1 Å². The van der Waals surface area contributed by atoms with Crippen LogP contribution >= 0.6 is 0 Å². The van der Waals surface area contributed by atoms with E-state index in [1.54, 1.807) is 0 Å². The third kappa shape index (κ3) is 8.06. The number of rotatable bonds is 13. The van der Waals surface area contributed by atoms with Crippen molar-refractivity contribution in [3.8, 4) is 5.75 Å². The minimum absolute atomic E-state index is 0.433. The molecule has 1 heterocycles. The first-order valence-corrected chi connectivity index (χ1v) is 10.4. The average Bonchev–Trinajstić information content (AvgIpc) is 3.16. The largest absolute Gasteiger partial charge is 0.494 e. The van der Waals surface area contributed by atoms with Crippen LogP contribution in [-0.2, 0) is 6.54 Å². The van der Waals surface area contributed by atoms with Gasteiger partial charge in [0.05, 0.1) is 12.9 Å². The number of nitrogens with zero attached hydrogens (tertiary/aromatic N) is 3. The molecule has 0 aliphatic heterocycles. The molecule has 4 heteroatoms. The summed E-state index contributed by atoms with van der Waals surface area (Å²) in [5, 5.41) is 0. The lowest BCUT2D eigenvalue weighted by Crippen LogP contribution is -2.18. The Hall–Kier alpha value is -1.97. The summed E-state index contributed by atoms with van der Waals surface area (Å²) in [6.07, 6.45) is 13.0. The highest BCUT2D eigenvalue weighted by molar-refractivity contribution is 5.48. The Labute approximate surface area is 165 Å². The fourth-order valence-electron chi connectivity index (χ4n) is 3.53. The number of hydrogen-bond donors (Lipinski definition) is 0. The van der Waals surface area contributed by atoms with Gasteiger partial charge >= 0.3 is 0 Å². The Morgan fingerprint density at radius 3 is 2.52 bits per heavy atom. The summed E-state index contributed by atoms with van der Waals surface area (Å²) in [6, 6.07) is 8.50. The van der Waals surface area contributed by atoms with Crippen LogP contribution in [-0.4, -0.2) is 29.8 Å². The molecule has 0 radical (unpaired) electrons. The van der Waals surface area contributed by atoms with E-state index >= 15 is 0 Å². The molecule has 0 unspecified atom stereocenters. The molecule has 150 valence electrons. The number of ether oxygens (including phenoxy) is 1. The summed E-state index contributed by atoms with van der Waals surface area (Å²) in [5.41, 5.74) is 1.68. The fraction of sp³-hybridized carbons (Fsp3) is 0.609. The highest BCUT2D eigenvalue weighted by Crippen LogP contribution is 2.28. The Bertz CT molecular complexity index is 620. The van der Waals surface area contributed by atoms with Gasteiger partial charge in [-0.1, -0.05) is 27.2 Å². The molecule has 0 saturated carbocycles. The van der Waals surface area contributed by atoms with Crippen molar-refractivity contribution in [3.63, 3.8) is 0 Å². The minimum Gasteiger partial charge on any atom is -0.494 e. The summed E-state index contributed by atoms with van der Waals surface area (Å²) in [7, 11) is 2.16. The molecule has 0 N–H and O–H groups in total. The van der Waals surface area contributed by atoms with Gasteiger partial charge in [-0.3, -0.25) is 0 Å². The second kappa shape index (κ2) is 11.0. The lowest BCUT2D eigenvalue weighted by Gasteiger charge is -2.23. The predicted molar refractivity (Wildman–Crippen MR) is 115 cm³/mol. The van der Waals surface area contributed by atoms with Gasteiger partial charge in [-0.05, 0) is 61.8 Å². The Kier molecular flexibility index (Phi) is 8.70. The summed E-state index contributed by atoms with van der Waals surface area (Å²) in [5.74, 6) is 0.973. The van der Waals surface area contributed by atoms with Crippen LogP contribution in [0.15, 0.2) is 43.0 Å². The zero-order valence-electron chi connectivity index (χ0n) is 17.7. The van der Waals surface area contributed by atoms with E-state index in [-0.39, 0.29) is 0 Å². The van der Waals surface area contributed by atoms with Crippen LogP contribution in [0.5, 0.6) is 5.75 Å². The molecular weight excluding hydrogens is 334 g/mol. The van der Waals surface area contributed by atoms with E-state index in [1.807, 2.05) is 18.7 Å². The van der Waals surface area contributed by atoms with E-state index in [9.17, 15) is 0 Å². The molecule has 0 spiro atoms. The van der Waals surface area contributed by atoms with Gasteiger partial charge in [0.15, 0.2) is 0 Å². The van der Waals surface area contributed by atoms with Crippen LogP contribution in [0, 0.1) is 5.41 Å². The molecule has 0 aliphatic carbocycles. The lowest BCUT2D eigenvalue weighted by atomic mass is 9.83. The number of aromatic nitrogens is 2. The molecular formula is C23H37N3O. The number of imidazole rings is 1. The number of benzene rings is 1. The highest BCUT2D eigenvalue weighted by Gasteiger charge is 2.15. The van der Waals surface area contributed by atoms with Crippen LogP contribution < -0.4 is 9.64 Å². The first kappa shape index (κ1) is 21.3. The molecule has 1 aromatic carbocycles. The number of unbranched alkanes of at least 4 members (excludes halogenated alkanes) is 1. The van der Waals surface area contributed by atoms with Gasteiger partial charge in [0.25, 0.3) is 0 Å². The lowest BCUT2D eigenvalue weighted by molar-refractivity contribution is 0.244. The maximum atomic E-state index is 5.93. The summed E-state index contributed by atoms with van der Waals surface area (Å²) in [4.78, 5) is 6.39. The quantitative estimate of drug-likeness (QED) is 0.418. The summed E-state index contributed by atoms with van der Waals surface area (Å²) >= 11 is 0. The zero-order valence-corrected chi connectivity index (χ0v) is 17.7. The third-order valence-corrected chi connectivity index (χ3v) is 5.19. The van der Waals surface area contributed by atoms with Crippen molar-refractivity contribution >= 4 is 5.69 Å². The van der Waals surface area contributed by atoms with Crippen LogP contribution in [0.4, 0.5) is 5.69 Å². The maximum Gasteiger partial charge on any atom is 0.119 e. The van der Waals surface area contributed by atoms with E-state index in [4.69, 9.17) is 4.74 Å². The van der Waals surface area contributed by atoms with Gasteiger partial charge in [-0.25, -0.2) is 4.98 Å². The predicted octanol–water partition coefficient (Wildman–Crippen LogP) is 5.79. The van der Waals surface area contributed by atoms with Crippen molar-refractivity contribution in [1.82, 2.24) is 9.55 Å². The Morgan fingerprint density at radius 2 is 1.85 bits per heavy atom. The van der Waals surface area contributed by atoms with Gasteiger partial charge < -0.3 is 14.2 Å². The van der Waals surface area contributed by atoms with Gasteiger partial charge in [0.1, 0.15) is 5.75 Å². The van der Waals surface area contributed by atoms with Gasteiger partial charge in [-0.15, -0.1) is 0 Å². The average molecular weight is 372 g/mol. The number of anilines is 1. The topological polar surface area (TPSA) is 30.3 Å². The zero-order chi connectivity index (χ0) is 19.5. The molecule has 1 aromatic heterocycles. The molecule has 4 nitrogen and oxygen atoms in total. The molecule has 0 aliphatic rings. The van der Waals surface area contributed by atoms with Gasteiger partial charge in [-0.2, -0.15) is 0 Å². The molecule has 0 amide bonds. The summed E-state index contributed by atoms with van der Waals surface area (Å²) in [6.45, 7) is 9.87. The van der Waals surface area contributed by atoms with E-state index in [0.717, 1.165) is 38.3 Å². The fourth-order valence-corrected chi connectivity index (χ4v) is 3.53. The summed E-state index contributed by atoms with van der Waals surface area (Å²) < 4.78 is 8.06. The number of aryl methyl sites for hydroxylation is 1. The van der Waals surface area contributed by atoms with Crippen LogP contribution in [0.2, 0.25) is 0 Å². The third-order valence-electron chi connectivity index (χ3n) is 5.19. The number of hydrogen-bond acceptors (Lipinski definition) is 3. The second-order valence-electron chi connectivity index (χ2n) is 8.29. The van der Waals surface area contributed by atoms with E-state index in [0.29, 0.717) is 5.41 Å². The van der Waals surface area contributed by atoms with E-state index in [1.165, 1.54) is 31.4 Å². The van der Waals surface area contributed by atoms with Crippen LogP contribution in [0.25, 0.3) is 0 Å². The van der Waals surface area contributed by atoms with Gasteiger partial charge in [0, 0.05) is 38.2 Å². The normalized spacial score (nSPS) is 11.6. The standard InChI is InChI=1S/C23H37N3O/c1-5-13-23(2,3)14-8-19-27-22-11-9-21(10-12-22)25(4)16-6-7-17-26-18-15-24-20-26/h9-12,15,18,20H,5-8,13-14,16-17,19H2,1-4H3. The molecule has 2 aromatic rings. The monoisotopic (exact) mass is 371 g/mol. The maximum absolute atomic E-state index is 5.93. The smallest absolute Gasteiger partial charge is 0.119 e. The minimum atomic E-state index is 0.433.